The Bertz CT molecular complexity index is 745. The van der Waals surface area contributed by atoms with E-state index in [4.69, 9.17) is 0 Å². The minimum atomic E-state index is -4.36. The number of rotatable bonds is 3. The van der Waals surface area contributed by atoms with Gasteiger partial charge in [0, 0.05) is 3.82 Å². The molecule has 2 amide bonds. The molecule has 1 aromatic rings. The molecule has 0 fully saturated rings. The van der Waals surface area contributed by atoms with Gasteiger partial charge < -0.3 is 0 Å². The van der Waals surface area contributed by atoms with Crippen LogP contribution in [0.2, 0.25) is 0 Å². The lowest BCUT2D eigenvalue weighted by Crippen LogP contribution is -2.51. The quantitative estimate of drug-likeness (QED) is 0.690. The Hall–Kier alpha value is -1.78. The summed E-state index contributed by atoms with van der Waals surface area (Å²) in [4.78, 5) is 24.2. The first-order chi connectivity index (χ1) is 9.05. The molecule has 20 heavy (non-hydrogen) atoms. The van der Waals surface area contributed by atoms with E-state index in [1.165, 1.54) is 24.3 Å². The molecule has 0 atom stereocenters. The van der Waals surface area contributed by atoms with Gasteiger partial charge in [0.05, 0.1) is 23.6 Å². The van der Waals surface area contributed by atoms with Crippen molar-refractivity contribution in [1.82, 2.24) is 8.83 Å². The van der Waals surface area contributed by atoms with Gasteiger partial charge in [-0.05, 0) is 12.1 Å². The average Bonchev–Trinajstić information content (AvgIpc) is 2.52. The molecule has 0 radical (unpaired) electrons. The highest BCUT2D eigenvalue weighted by atomic mass is 32.3. The molecule has 0 aliphatic carbocycles. The topological polar surface area (TPSA) is 109 Å². The van der Waals surface area contributed by atoms with Crippen LogP contribution in [-0.2, 0) is 20.0 Å². The molecule has 0 bridgehead atoms. The number of imide groups is 1. The van der Waals surface area contributed by atoms with Crippen LogP contribution in [0.15, 0.2) is 24.3 Å². The Morgan fingerprint density at radius 3 is 1.50 bits per heavy atom. The number of benzene rings is 1. The zero-order valence-electron chi connectivity index (χ0n) is 10.5. The fourth-order valence-corrected chi connectivity index (χ4v) is 4.72. The zero-order chi connectivity index (χ0) is 15.3. The largest absolute Gasteiger partial charge is 0.278 e. The van der Waals surface area contributed by atoms with Gasteiger partial charge in [-0.1, -0.05) is 12.1 Å². The highest BCUT2D eigenvalue weighted by Crippen LogP contribution is 2.26. The molecule has 1 aliphatic rings. The van der Waals surface area contributed by atoms with Crippen molar-refractivity contribution < 1.29 is 26.4 Å². The summed E-state index contributed by atoms with van der Waals surface area (Å²) in [6, 6.07) is 5.61. The summed E-state index contributed by atoms with van der Waals surface area (Å²) in [6.45, 7) is 0. The van der Waals surface area contributed by atoms with Gasteiger partial charge >= 0.3 is 0 Å². The number of hydrogen-bond acceptors (Lipinski definition) is 6. The maximum atomic E-state index is 12.1. The van der Waals surface area contributed by atoms with E-state index < -0.39 is 31.9 Å². The van der Waals surface area contributed by atoms with Crippen LogP contribution in [0.3, 0.4) is 0 Å². The minimum absolute atomic E-state index is 0.0465. The van der Waals surface area contributed by atoms with Gasteiger partial charge in [0.2, 0.25) is 20.0 Å². The average molecular weight is 318 g/mol. The lowest BCUT2D eigenvalue weighted by molar-refractivity contribution is 0.0488. The van der Waals surface area contributed by atoms with Crippen LogP contribution in [0.5, 0.6) is 0 Å². The molecule has 0 spiro atoms. The predicted molar refractivity (Wildman–Crippen MR) is 68.5 cm³/mol. The second-order valence-electron chi connectivity index (χ2n) is 4.17. The molecule has 0 aromatic heterocycles. The minimum Gasteiger partial charge on any atom is -0.267 e. The fourth-order valence-electron chi connectivity index (χ4n) is 1.87. The Morgan fingerprint density at radius 2 is 1.20 bits per heavy atom. The van der Waals surface area contributed by atoms with Crippen molar-refractivity contribution in [2.45, 2.75) is 0 Å². The van der Waals surface area contributed by atoms with Gasteiger partial charge in [-0.2, -0.15) is 5.01 Å². The van der Waals surface area contributed by atoms with E-state index in [2.05, 4.69) is 0 Å². The van der Waals surface area contributed by atoms with Gasteiger partial charge in [-0.25, -0.2) is 16.8 Å². The van der Waals surface area contributed by atoms with Crippen LogP contribution in [0.1, 0.15) is 20.7 Å². The number of carbonyl (C=O) groups excluding carboxylic acids is 2. The molecule has 1 aliphatic heterocycles. The molecule has 2 rings (SSSR count). The van der Waals surface area contributed by atoms with Crippen molar-refractivity contribution >= 4 is 31.9 Å². The second-order valence-corrected chi connectivity index (χ2v) is 8.03. The highest BCUT2D eigenvalue weighted by molar-refractivity contribution is 8.03. The number of hydrogen-bond donors (Lipinski definition) is 0. The van der Waals surface area contributed by atoms with Gasteiger partial charge in [0.25, 0.3) is 11.8 Å². The van der Waals surface area contributed by atoms with Crippen molar-refractivity contribution in [1.29, 1.82) is 0 Å². The first kappa shape index (κ1) is 14.6. The van der Waals surface area contributed by atoms with Crippen molar-refractivity contribution in [3.63, 3.8) is 0 Å². The number of hydrazine groups is 1. The SMILES string of the molecule is CS(=O)(=O)N(N1C(=O)c2ccccc2C1=O)S(C)(=O)=O. The molecule has 8 nitrogen and oxygen atoms in total. The molecule has 10 heteroatoms. The number of amides is 2. The van der Waals surface area contributed by atoms with Crippen LogP contribution in [0.25, 0.3) is 0 Å². The Labute approximate surface area is 115 Å². The molecule has 1 heterocycles. The number of fused-ring (bicyclic) bond motifs is 1. The molecule has 0 saturated heterocycles. The molecular weight excluding hydrogens is 308 g/mol. The van der Waals surface area contributed by atoms with E-state index in [0.717, 1.165) is 0 Å². The standard InChI is InChI=1S/C10H10N2O6S2/c1-19(15,16)12(20(2,17)18)11-9(13)7-5-3-4-6-8(7)10(11)14/h3-6H,1-2H3. The fraction of sp³-hybridized carbons (Fsp3) is 0.200. The maximum Gasteiger partial charge on any atom is 0.278 e. The third-order valence-electron chi connectivity index (χ3n) is 2.50. The smallest absolute Gasteiger partial charge is 0.267 e. The van der Waals surface area contributed by atoms with E-state index in [1.807, 2.05) is 0 Å². The third kappa shape index (κ3) is 2.21. The Balaban J connectivity index is 2.66. The van der Waals surface area contributed by atoms with Crippen LogP contribution in [0.4, 0.5) is 0 Å². The number of nitrogens with zero attached hydrogens (tertiary/aromatic N) is 2. The van der Waals surface area contributed by atoms with Gasteiger partial charge in [-0.3, -0.25) is 9.59 Å². The van der Waals surface area contributed by atoms with Gasteiger partial charge in [0.1, 0.15) is 0 Å². The zero-order valence-corrected chi connectivity index (χ0v) is 12.1. The van der Waals surface area contributed by atoms with Crippen LogP contribution >= 0.6 is 0 Å². The van der Waals surface area contributed by atoms with E-state index in [9.17, 15) is 26.4 Å². The molecule has 0 N–H and O–H groups in total. The Morgan fingerprint density at radius 1 is 0.850 bits per heavy atom. The van der Waals surface area contributed by atoms with Gasteiger partial charge in [-0.15, -0.1) is 0 Å². The Kier molecular flexibility index (Phi) is 3.19. The number of carbonyl (C=O) groups is 2. The number of sulfonamides is 2. The molecular formula is C10H10N2O6S2. The molecule has 0 unspecified atom stereocenters. The summed E-state index contributed by atoms with van der Waals surface area (Å²) in [5.74, 6) is -2.00. The van der Waals surface area contributed by atoms with Gasteiger partial charge in [0.15, 0.2) is 0 Å². The monoisotopic (exact) mass is 318 g/mol. The third-order valence-corrected chi connectivity index (χ3v) is 5.59. The summed E-state index contributed by atoms with van der Waals surface area (Å²) in [6.07, 6.45) is 1.19. The van der Waals surface area contributed by atoms with Crippen molar-refractivity contribution in [2.75, 3.05) is 12.5 Å². The lowest BCUT2D eigenvalue weighted by Gasteiger charge is -2.24. The maximum absolute atomic E-state index is 12.1. The highest BCUT2D eigenvalue weighted by Gasteiger charge is 2.46. The molecule has 0 saturated carbocycles. The second kappa shape index (κ2) is 4.36. The summed E-state index contributed by atoms with van der Waals surface area (Å²) in [7, 11) is -8.72. The van der Waals surface area contributed by atoms with E-state index in [0.29, 0.717) is 12.5 Å². The first-order valence-corrected chi connectivity index (χ1v) is 8.93. The van der Waals surface area contributed by atoms with E-state index in [-0.39, 0.29) is 20.0 Å². The summed E-state index contributed by atoms with van der Waals surface area (Å²) >= 11 is 0. The lowest BCUT2D eigenvalue weighted by atomic mass is 10.1. The molecule has 1 aromatic carbocycles. The molecule has 108 valence electrons. The van der Waals surface area contributed by atoms with E-state index in [1.54, 1.807) is 0 Å². The predicted octanol–water partition coefficient (Wildman–Crippen LogP) is -0.581. The van der Waals surface area contributed by atoms with Crippen molar-refractivity contribution in [3.05, 3.63) is 35.4 Å². The van der Waals surface area contributed by atoms with Crippen LogP contribution < -0.4 is 0 Å². The summed E-state index contributed by atoms with van der Waals surface area (Å²) in [5.41, 5.74) is -0.0930. The van der Waals surface area contributed by atoms with E-state index >= 15 is 0 Å². The summed E-state index contributed by atoms with van der Waals surface area (Å²) < 4.78 is 46.2. The van der Waals surface area contributed by atoms with Crippen LogP contribution in [-0.4, -0.2) is 50.0 Å². The first-order valence-electron chi connectivity index (χ1n) is 5.23. The summed E-state index contributed by atoms with van der Waals surface area (Å²) in [5, 5.41) is 0.120. The van der Waals surface area contributed by atoms with Crippen molar-refractivity contribution in [2.24, 2.45) is 0 Å². The van der Waals surface area contributed by atoms with Crippen molar-refractivity contribution in [3.8, 4) is 0 Å². The normalized spacial score (nSPS) is 15.8. The van der Waals surface area contributed by atoms with Crippen LogP contribution in [0, 0.1) is 0 Å².